The first-order valence-electron chi connectivity index (χ1n) is 9.91. The van der Waals surface area contributed by atoms with Crippen molar-refractivity contribution in [2.75, 3.05) is 0 Å². The number of aromatic amines is 1. The fourth-order valence-electron chi connectivity index (χ4n) is 3.59. The quantitative estimate of drug-likeness (QED) is 0.344. The molecule has 156 valence electrons. The van der Waals surface area contributed by atoms with E-state index in [4.69, 9.17) is 4.74 Å². The van der Waals surface area contributed by atoms with Crippen LogP contribution in [0.5, 0.6) is 11.5 Å². The highest BCUT2D eigenvalue weighted by Gasteiger charge is 2.21. The molecule has 0 aliphatic rings. The van der Waals surface area contributed by atoms with Crippen molar-refractivity contribution in [1.82, 2.24) is 4.98 Å². The number of pyridine rings is 1. The molecule has 5 aromatic rings. The topological polar surface area (TPSA) is 79.4 Å². The molecular formula is C26H17NO4S. The number of carbonyl (C=O) groups excluding carboxylic acids is 1. The molecular weight excluding hydrogens is 422 g/mol. The van der Waals surface area contributed by atoms with Crippen LogP contribution in [0.15, 0.2) is 95.1 Å². The van der Waals surface area contributed by atoms with Crippen LogP contribution in [0.1, 0.15) is 10.4 Å². The number of carbonyl (C=O) groups is 1. The van der Waals surface area contributed by atoms with E-state index in [9.17, 15) is 14.7 Å². The Balaban J connectivity index is 1.48. The number of fused-ring (bicyclic) bond motifs is 1. The van der Waals surface area contributed by atoms with E-state index in [1.807, 2.05) is 48.5 Å². The summed E-state index contributed by atoms with van der Waals surface area (Å²) in [5.41, 5.74) is 2.74. The lowest BCUT2D eigenvalue weighted by atomic mass is 10.0. The molecule has 0 fully saturated rings. The first-order chi connectivity index (χ1) is 15.6. The van der Waals surface area contributed by atoms with E-state index in [2.05, 4.69) is 4.98 Å². The third-order valence-electron chi connectivity index (χ3n) is 5.18. The van der Waals surface area contributed by atoms with E-state index in [0.29, 0.717) is 21.3 Å². The van der Waals surface area contributed by atoms with Crippen molar-refractivity contribution in [1.29, 1.82) is 0 Å². The minimum absolute atomic E-state index is 0.140. The van der Waals surface area contributed by atoms with Gasteiger partial charge in [0.15, 0.2) is 5.75 Å². The van der Waals surface area contributed by atoms with Gasteiger partial charge in [-0.2, -0.15) is 0 Å². The van der Waals surface area contributed by atoms with Gasteiger partial charge in [-0.15, -0.1) is 11.3 Å². The fraction of sp³-hybridized carbons (Fsp3) is 0. The van der Waals surface area contributed by atoms with Crippen LogP contribution in [0.2, 0.25) is 0 Å². The molecule has 5 nitrogen and oxygen atoms in total. The van der Waals surface area contributed by atoms with Crippen molar-refractivity contribution in [3.05, 3.63) is 106 Å². The predicted molar refractivity (Wildman–Crippen MR) is 126 cm³/mol. The number of hydrogen-bond acceptors (Lipinski definition) is 5. The summed E-state index contributed by atoms with van der Waals surface area (Å²) < 4.78 is 5.60. The van der Waals surface area contributed by atoms with E-state index in [1.54, 1.807) is 41.8 Å². The summed E-state index contributed by atoms with van der Waals surface area (Å²) in [5, 5.41) is 12.8. The smallest absolute Gasteiger partial charge is 0.343 e. The first-order valence-corrected chi connectivity index (χ1v) is 10.8. The normalized spacial score (nSPS) is 10.9. The number of aromatic nitrogens is 1. The van der Waals surface area contributed by atoms with E-state index in [-0.39, 0.29) is 17.1 Å². The third-order valence-corrected chi connectivity index (χ3v) is 6.05. The highest BCUT2D eigenvalue weighted by molar-refractivity contribution is 7.17. The molecule has 2 N–H and O–H groups in total. The zero-order valence-corrected chi connectivity index (χ0v) is 17.6. The summed E-state index contributed by atoms with van der Waals surface area (Å²) >= 11 is 1.19. The van der Waals surface area contributed by atoms with Crippen LogP contribution in [0.25, 0.3) is 32.5 Å². The number of ether oxygens (including phenoxy) is 1. The number of rotatable bonds is 4. The van der Waals surface area contributed by atoms with Crippen LogP contribution in [0.3, 0.4) is 0 Å². The van der Waals surface area contributed by atoms with Crippen LogP contribution in [-0.2, 0) is 0 Å². The average molecular weight is 439 g/mol. The third kappa shape index (κ3) is 3.57. The Morgan fingerprint density at radius 1 is 0.812 bits per heavy atom. The number of esters is 1. The van der Waals surface area contributed by atoms with E-state index in [0.717, 1.165) is 11.1 Å². The molecule has 0 saturated carbocycles. The van der Waals surface area contributed by atoms with E-state index >= 15 is 0 Å². The van der Waals surface area contributed by atoms with Crippen molar-refractivity contribution in [2.24, 2.45) is 0 Å². The molecule has 6 heteroatoms. The van der Waals surface area contributed by atoms with Gasteiger partial charge in [-0.05, 0) is 28.8 Å². The molecule has 2 heterocycles. The summed E-state index contributed by atoms with van der Waals surface area (Å²) in [7, 11) is 0. The van der Waals surface area contributed by atoms with Crippen LogP contribution in [0, 0.1) is 0 Å². The number of aromatic hydroxyl groups is 1. The molecule has 0 atom stereocenters. The number of hydrogen-bond donors (Lipinski definition) is 2. The summed E-state index contributed by atoms with van der Waals surface area (Å²) in [6.07, 6.45) is 0. The molecule has 0 amide bonds. The maximum absolute atomic E-state index is 12.8. The molecule has 0 unspecified atom stereocenters. The molecule has 32 heavy (non-hydrogen) atoms. The minimum Gasteiger partial charge on any atom is -0.506 e. The second kappa shape index (κ2) is 8.17. The molecule has 0 saturated heterocycles. The summed E-state index contributed by atoms with van der Waals surface area (Å²) in [4.78, 5) is 28.5. The standard InChI is InChI=1S/C26H17NO4S/c28-23-21(18-9-5-2-6-10-18)24(29)27-25-22(23)20(15-32-25)31-26(30)19-13-11-17(12-14-19)16-7-3-1-4-8-16/h1-15H,(H2,27,28,29). The lowest BCUT2D eigenvalue weighted by Gasteiger charge is -2.08. The van der Waals surface area contributed by atoms with Crippen LogP contribution in [0.4, 0.5) is 0 Å². The Hall–Kier alpha value is -4.16. The second-order valence-corrected chi connectivity index (χ2v) is 8.06. The number of nitrogens with one attached hydrogen (secondary N) is 1. The second-order valence-electron chi connectivity index (χ2n) is 7.18. The lowest BCUT2D eigenvalue weighted by molar-refractivity contribution is 0.0737. The van der Waals surface area contributed by atoms with Gasteiger partial charge in [0.05, 0.1) is 16.5 Å². The van der Waals surface area contributed by atoms with Gasteiger partial charge in [-0.25, -0.2) is 4.79 Å². The lowest BCUT2D eigenvalue weighted by Crippen LogP contribution is -2.10. The van der Waals surface area contributed by atoms with Gasteiger partial charge >= 0.3 is 5.97 Å². The van der Waals surface area contributed by atoms with Gasteiger partial charge in [-0.3, -0.25) is 4.79 Å². The SMILES string of the molecule is O=C(Oc1csc2[nH]c(=O)c(-c3ccccc3)c(O)c12)c1ccc(-c2ccccc2)cc1. The molecule has 0 radical (unpaired) electrons. The maximum atomic E-state index is 12.8. The molecule has 0 aliphatic carbocycles. The van der Waals surface area contributed by atoms with Gasteiger partial charge < -0.3 is 14.8 Å². The number of thiophene rings is 1. The first kappa shape index (κ1) is 19.8. The highest BCUT2D eigenvalue weighted by atomic mass is 32.1. The monoisotopic (exact) mass is 439 g/mol. The Bertz CT molecular complexity index is 1470. The van der Waals surface area contributed by atoms with Gasteiger partial charge in [0.2, 0.25) is 0 Å². The van der Waals surface area contributed by atoms with Crippen LogP contribution < -0.4 is 10.3 Å². The van der Waals surface area contributed by atoms with Crippen molar-refractivity contribution in [3.63, 3.8) is 0 Å². The molecule has 0 bridgehead atoms. The minimum atomic E-state index is -0.545. The summed E-state index contributed by atoms with van der Waals surface area (Å²) in [6, 6.07) is 25.9. The number of benzene rings is 3. The Morgan fingerprint density at radius 2 is 1.41 bits per heavy atom. The highest BCUT2D eigenvalue weighted by Crippen LogP contribution is 2.41. The van der Waals surface area contributed by atoms with Crippen molar-refractivity contribution in [2.45, 2.75) is 0 Å². The van der Waals surface area contributed by atoms with Crippen molar-refractivity contribution >= 4 is 27.5 Å². The molecule has 5 rings (SSSR count). The summed E-state index contributed by atoms with van der Waals surface area (Å²) in [6.45, 7) is 0. The van der Waals surface area contributed by atoms with E-state index in [1.165, 1.54) is 11.3 Å². The van der Waals surface area contributed by atoms with Gasteiger partial charge in [-0.1, -0.05) is 72.8 Å². The maximum Gasteiger partial charge on any atom is 0.343 e. The molecule has 0 spiro atoms. The van der Waals surface area contributed by atoms with Gasteiger partial charge in [0.25, 0.3) is 5.56 Å². The molecule has 2 aromatic heterocycles. The van der Waals surface area contributed by atoms with Crippen molar-refractivity contribution in [3.8, 4) is 33.8 Å². The predicted octanol–water partition coefficient (Wildman–Crippen LogP) is 5.85. The molecule has 3 aromatic carbocycles. The largest absolute Gasteiger partial charge is 0.506 e. The van der Waals surface area contributed by atoms with E-state index < -0.39 is 11.5 Å². The van der Waals surface area contributed by atoms with Crippen LogP contribution in [-0.4, -0.2) is 16.1 Å². The number of H-pyrrole nitrogens is 1. The van der Waals surface area contributed by atoms with Gasteiger partial charge in [0, 0.05) is 5.38 Å². The van der Waals surface area contributed by atoms with Crippen molar-refractivity contribution < 1.29 is 14.6 Å². The average Bonchev–Trinajstić information content (AvgIpc) is 3.23. The summed E-state index contributed by atoms with van der Waals surface area (Å²) in [5.74, 6) is -0.553. The molecule has 0 aliphatic heterocycles. The van der Waals surface area contributed by atoms with Crippen LogP contribution >= 0.6 is 11.3 Å². The fourth-order valence-corrected chi connectivity index (χ4v) is 4.45. The Labute approximate surface area is 187 Å². The Kier molecular flexibility index (Phi) is 5.05. The van der Waals surface area contributed by atoms with Gasteiger partial charge in [0.1, 0.15) is 10.6 Å². The zero-order chi connectivity index (χ0) is 22.1. The zero-order valence-electron chi connectivity index (χ0n) is 16.7. The Morgan fingerprint density at radius 3 is 2.06 bits per heavy atom.